The Morgan fingerprint density at radius 1 is 1.07 bits per heavy atom. The second-order valence-electron chi connectivity index (χ2n) is 8.34. The number of carbonyl (C=O) groups excluding carboxylic acids is 2. The van der Waals surface area contributed by atoms with Crippen molar-refractivity contribution in [1.82, 2.24) is 14.8 Å². The maximum atomic E-state index is 13.1. The van der Waals surface area contributed by atoms with Crippen LogP contribution in [0, 0.1) is 5.92 Å². The van der Waals surface area contributed by atoms with Gasteiger partial charge in [0.05, 0.1) is 11.6 Å². The number of nitrogens with two attached hydrogens (primary N) is 1. The number of amides is 2. The van der Waals surface area contributed by atoms with Gasteiger partial charge in [-0.25, -0.2) is 4.98 Å². The van der Waals surface area contributed by atoms with E-state index in [0.29, 0.717) is 30.1 Å². The lowest BCUT2D eigenvalue weighted by Gasteiger charge is -2.43. The van der Waals surface area contributed by atoms with Gasteiger partial charge in [0, 0.05) is 23.9 Å². The second-order valence-corrected chi connectivity index (χ2v) is 9.23. The molecule has 1 aromatic rings. The van der Waals surface area contributed by atoms with Crippen LogP contribution < -0.4 is 5.73 Å². The van der Waals surface area contributed by atoms with E-state index in [1.165, 1.54) is 25.7 Å². The summed E-state index contributed by atoms with van der Waals surface area (Å²) in [5, 5.41) is 3.04. The molecule has 2 saturated heterocycles. The lowest BCUT2D eigenvalue weighted by molar-refractivity contribution is -0.119. The van der Waals surface area contributed by atoms with Gasteiger partial charge in [-0.1, -0.05) is 12.8 Å². The molecule has 2 aliphatic heterocycles. The zero-order valence-corrected chi connectivity index (χ0v) is 16.8. The number of rotatable bonds is 4. The van der Waals surface area contributed by atoms with Gasteiger partial charge >= 0.3 is 0 Å². The van der Waals surface area contributed by atoms with Gasteiger partial charge in [0.15, 0.2) is 0 Å². The number of carbonyl (C=O) groups is 2. The van der Waals surface area contributed by atoms with Gasteiger partial charge in [-0.05, 0) is 57.5 Å². The number of primary amides is 1. The summed E-state index contributed by atoms with van der Waals surface area (Å²) < 4.78 is 0. The molecule has 148 valence electrons. The van der Waals surface area contributed by atoms with Crippen LogP contribution in [0.3, 0.4) is 0 Å². The van der Waals surface area contributed by atoms with Crippen molar-refractivity contribution in [2.45, 2.75) is 63.3 Å². The molecule has 1 aliphatic carbocycles. The number of nitrogens with zero attached hydrogens (tertiary/aromatic N) is 3. The quantitative estimate of drug-likeness (QED) is 0.857. The van der Waals surface area contributed by atoms with Crippen LogP contribution in [0.1, 0.15) is 72.8 Å². The van der Waals surface area contributed by atoms with E-state index in [9.17, 15) is 9.59 Å². The number of fused-ring (bicyclic) bond motifs is 1. The summed E-state index contributed by atoms with van der Waals surface area (Å²) in [7, 11) is 0. The molecule has 2 N–H and O–H groups in total. The van der Waals surface area contributed by atoms with E-state index in [1.54, 1.807) is 11.3 Å². The number of hydrogen-bond donors (Lipinski definition) is 1. The van der Waals surface area contributed by atoms with Crippen molar-refractivity contribution in [3.63, 3.8) is 0 Å². The van der Waals surface area contributed by atoms with Crippen molar-refractivity contribution < 1.29 is 9.59 Å². The van der Waals surface area contributed by atoms with E-state index in [1.807, 2.05) is 5.38 Å². The number of likely N-dealkylation sites (tertiary alicyclic amines) is 2. The fourth-order valence-electron chi connectivity index (χ4n) is 5.16. The van der Waals surface area contributed by atoms with E-state index >= 15 is 0 Å². The van der Waals surface area contributed by atoms with E-state index in [-0.39, 0.29) is 11.8 Å². The molecule has 2 atom stereocenters. The first kappa shape index (κ1) is 18.9. The molecule has 4 rings (SSSR count). The van der Waals surface area contributed by atoms with Gasteiger partial charge in [-0.15, -0.1) is 11.3 Å². The normalized spacial score (nSPS) is 27.3. The highest BCUT2D eigenvalue weighted by Crippen LogP contribution is 2.36. The van der Waals surface area contributed by atoms with Crippen LogP contribution in [0.5, 0.6) is 0 Å². The van der Waals surface area contributed by atoms with Gasteiger partial charge in [-0.3, -0.25) is 14.5 Å². The van der Waals surface area contributed by atoms with E-state index < -0.39 is 0 Å². The molecule has 0 radical (unpaired) electrons. The Bertz CT molecular complexity index is 681. The molecule has 0 bridgehead atoms. The summed E-state index contributed by atoms with van der Waals surface area (Å²) in [5.74, 6) is 0.965. The summed E-state index contributed by atoms with van der Waals surface area (Å²) in [6.45, 7) is 2.96. The predicted molar refractivity (Wildman–Crippen MR) is 106 cm³/mol. The first-order chi connectivity index (χ1) is 13.1. The Kier molecular flexibility index (Phi) is 5.78. The molecule has 2 amide bonds. The number of aromatic nitrogens is 1. The third-order valence-corrected chi connectivity index (χ3v) is 7.57. The number of thiazole rings is 1. The van der Waals surface area contributed by atoms with Crippen LogP contribution in [-0.2, 0) is 4.79 Å². The summed E-state index contributed by atoms with van der Waals surface area (Å²) >= 11 is 1.62. The van der Waals surface area contributed by atoms with E-state index in [2.05, 4.69) is 9.80 Å². The maximum Gasteiger partial charge on any atom is 0.273 e. The smallest absolute Gasteiger partial charge is 0.273 e. The average molecular weight is 391 g/mol. The van der Waals surface area contributed by atoms with Gasteiger partial charge in [0.1, 0.15) is 5.69 Å². The van der Waals surface area contributed by atoms with E-state index in [0.717, 1.165) is 50.3 Å². The minimum Gasteiger partial charge on any atom is -0.369 e. The molecule has 0 spiro atoms. The third kappa shape index (κ3) is 4.19. The Balaban J connectivity index is 1.39. The topological polar surface area (TPSA) is 79.5 Å². The Hall–Kier alpha value is -1.47. The van der Waals surface area contributed by atoms with Crippen LogP contribution in [0.4, 0.5) is 0 Å². The molecular weight excluding hydrogens is 360 g/mol. The van der Waals surface area contributed by atoms with Crippen molar-refractivity contribution in [3.05, 3.63) is 16.1 Å². The fourth-order valence-corrected chi connectivity index (χ4v) is 6.12. The monoisotopic (exact) mass is 390 g/mol. The van der Waals surface area contributed by atoms with Crippen molar-refractivity contribution in [2.75, 3.05) is 26.2 Å². The summed E-state index contributed by atoms with van der Waals surface area (Å²) in [5.41, 5.74) is 5.93. The lowest BCUT2D eigenvalue weighted by atomic mass is 9.78. The molecule has 1 aromatic heterocycles. The highest BCUT2D eigenvalue weighted by atomic mass is 32.1. The Morgan fingerprint density at radius 2 is 1.81 bits per heavy atom. The zero-order valence-electron chi connectivity index (χ0n) is 15.9. The van der Waals surface area contributed by atoms with E-state index in [4.69, 9.17) is 10.7 Å². The van der Waals surface area contributed by atoms with Crippen LogP contribution in [-0.4, -0.2) is 58.8 Å². The van der Waals surface area contributed by atoms with Crippen molar-refractivity contribution in [3.8, 4) is 0 Å². The molecule has 6 nitrogen and oxygen atoms in total. The largest absolute Gasteiger partial charge is 0.369 e. The molecule has 0 aromatic carbocycles. The fraction of sp³-hybridized carbons (Fsp3) is 0.750. The number of piperidine rings is 2. The molecule has 7 heteroatoms. The van der Waals surface area contributed by atoms with Crippen molar-refractivity contribution >= 4 is 23.2 Å². The second kappa shape index (κ2) is 8.27. The number of hydrogen-bond acceptors (Lipinski definition) is 5. The highest BCUT2D eigenvalue weighted by Gasteiger charge is 2.37. The standard InChI is InChI=1S/C20H30N4O2S/c21-18(25)12-23-10-7-15(8-11-23)19-22-16(13-27-19)20(26)24-9-3-5-14-4-1-2-6-17(14)24/h13-15,17H,1-12H2,(H2,21,25). The highest BCUT2D eigenvalue weighted by molar-refractivity contribution is 7.09. The van der Waals surface area contributed by atoms with Crippen LogP contribution in [0.25, 0.3) is 0 Å². The Morgan fingerprint density at radius 3 is 2.59 bits per heavy atom. The molecular formula is C20H30N4O2S. The minimum absolute atomic E-state index is 0.139. The third-order valence-electron chi connectivity index (χ3n) is 6.56. The molecule has 2 unspecified atom stereocenters. The first-order valence-electron chi connectivity index (χ1n) is 10.4. The van der Waals surface area contributed by atoms with Gasteiger partial charge in [0.25, 0.3) is 5.91 Å². The molecule has 27 heavy (non-hydrogen) atoms. The SMILES string of the molecule is NC(=O)CN1CCC(c2nc(C(=O)N3CCCC4CCCCC43)cs2)CC1. The van der Waals surface area contributed by atoms with Gasteiger partial charge in [0.2, 0.25) is 5.91 Å². The molecule has 3 fully saturated rings. The van der Waals surface area contributed by atoms with Crippen LogP contribution in [0.2, 0.25) is 0 Å². The Labute approximate surface area is 165 Å². The maximum absolute atomic E-state index is 13.1. The molecule has 3 heterocycles. The molecule has 3 aliphatic rings. The molecule has 1 saturated carbocycles. The summed E-state index contributed by atoms with van der Waals surface area (Å²) in [6.07, 6.45) is 9.36. The zero-order chi connectivity index (χ0) is 18.8. The predicted octanol–water partition coefficient (Wildman–Crippen LogP) is 2.60. The van der Waals surface area contributed by atoms with Crippen molar-refractivity contribution in [2.24, 2.45) is 11.7 Å². The van der Waals surface area contributed by atoms with Gasteiger partial charge < -0.3 is 10.6 Å². The van der Waals surface area contributed by atoms with Crippen LogP contribution in [0.15, 0.2) is 5.38 Å². The minimum atomic E-state index is -0.266. The summed E-state index contributed by atoms with van der Waals surface area (Å²) in [6, 6.07) is 0.433. The lowest BCUT2D eigenvalue weighted by Crippen LogP contribution is -2.49. The average Bonchev–Trinajstić information content (AvgIpc) is 3.17. The van der Waals surface area contributed by atoms with Gasteiger partial charge in [-0.2, -0.15) is 0 Å². The summed E-state index contributed by atoms with van der Waals surface area (Å²) in [4.78, 5) is 33.2. The van der Waals surface area contributed by atoms with Crippen molar-refractivity contribution in [1.29, 1.82) is 0 Å². The first-order valence-corrected chi connectivity index (χ1v) is 11.3. The van der Waals surface area contributed by atoms with Crippen LogP contribution >= 0.6 is 11.3 Å².